The average Bonchev–Trinajstić information content (AvgIpc) is 2.94. The number of benzene rings is 2. The predicted molar refractivity (Wildman–Crippen MR) is 145 cm³/mol. The third-order valence-electron chi connectivity index (χ3n) is 8.98. The molecule has 1 aliphatic heterocycles. The van der Waals surface area contributed by atoms with Gasteiger partial charge in [-0.3, -0.25) is 0 Å². The highest BCUT2D eigenvalue weighted by Gasteiger charge is 2.69. The SMILES string of the molecule is COC1(c2cc(O[Si](C)(C)C(C)(C)C)c3c(c2)-c2ccccc2C3(C)C)OOC1(C(C)C)C(C)C. The van der Waals surface area contributed by atoms with E-state index in [4.69, 9.17) is 18.9 Å². The standard InChI is InChI=1S/C30H44O4Si/c1-19(2)29(20(3)4)30(31-10,34-33-29)21-17-23-22-15-13-14-16-24(22)28(8,9)26(23)25(18-21)32-35(11,12)27(5,6)7/h13-20H,1-12H3. The molecule has 0 saturated carbocycles. The molecule has 1 saturated heterocycles. The maximum atomic E-state index is 7.10. The Balaban J connectivity index is 2.03. The number of hydrogen-bond donors (Lipinski definition) is 0. The first-order valence-corrected chi connectivity index (χ1v) is 15.9. The first-order chi connectivity index (χ1) is 16.1. The van der Waals surface area contributed by atoms with E-state index in [0.29, 0.717) is 0 Å². The van der Waals surface area contributed by atoms with Crippen molar-refractivity contribution in [3.63, 3.8) is 0 Å². The van der Waals surface area contributed by atoms with Crippen molar-refractivity contribution in [2.45, 2.75) is 97.2 Å². The van der Waals surface area contributed by atoms with Crippen molar-refractivity contribution in [2.24, 2.45) is 11.8 Å². The molecule has 0 radical (unpaired) electrons. The molecule has 1 atom stereocenters. The van der Waals surface area contributed by atoms with Gasteiger partial charge in [-0.05, 0) is 58.8 Å². The summed E-state index contributed by atoms with van der Waals surface area (Å²) < 4.78 is 13.4. The van der Waals surface area contributed by atoms with Crippen molar-refractivity contribution in [2.75, 3.05) is 7.11 Å². The van der Waals surface area contributed by atoms with E-state index >= 15 is 0 Å². The average molecular weight is 497 g/mol. The zero-order chi connectivity index (χ0) is 26.2. The highest BCUT2D eigenvalue weighted by atomic mass is 28.4. The van der Waals surface area contributed by atoms with Gasteiger partial charge in [0.1, 0.15) is 5.75 Å². The molecular formula is C30H44O4Si. The van der Waals surface area contributed by atoms with Gasteiger partial charge in [0.25, 0.3) is 5.79 Å². The fourth-order valence-corrected chi connectivity index (χ4v) is 7.00. The summed E-state index contributed by atoms with van der Waals surface area (Å²) in [7, 11) is -0.407. The Morgan fingerprint density at radius 2 is 1.49 bits per heavy atom. The van der Waals surface area contributed by atoms with Crippen molar-refractivity contribution in [3.05, 3.63) is 53.1 Å². The van der Waals surface area contributed by atoms with Crippen molar-refractivity contribution in [3.8, 4) is 16.9 Å². The van der Waals surface area contributed by atoms with Crippen LogP contribution in [0.25, 0.3) is 11.1 Å². The molecule has 0 bridgehead atoms. The molecule has 1 aliphatic carbocycles. The van der Waals surface area contributed by atoms with Gasteiger partial charge in [-0.15, -0.1) is 0 Å². The topological polar surface area (TPSA) is 36.9 Å². The van der Waals surface area contributed by atoms with E-state index in [1.807, 2.05) is 0 Å². The summed E-state index contributed by atoms with van der Waals surface area (Å²) in [6.45, 7) is 24.8. The summed E-state index contributed by atoms with van der Waals surface area (Å²) in [5.74, 6) is 0.284. The molecular weight excluding hydrogens is 452 g/mol. The Morgan fingerprint density at radius 3 is 1.97 bits per heavy atom. The number of ether oxygens (including phenoxy) is 1. The highest BCUT2D eigenvalue weighted by molar-refractivity contribution is 6.74. The van der Waals surface area contributed by atoms with E-state index in [9.17, 15) is 0 Å². The summed E-state index contributed by atoms with van der Waals surface area (Å²) >= 11 is 0. The lowest BCUT2D eigenvalue weighted by atomic mass is 9.69. The molecule has 1 unspecified atom stereocenters. The Hall–Kier alpha value is -1.66. The number of rotatable bonds is 6. The summed E-state index contributed by atoms with van der Waals surface area (Å²) in [6, 6.07) is 13.1. The molecule has 4 rings (SSSR count). The van der Waals surface area contributed by atoms with Gasteiger partial charge in [0.2, 0.25) is 8.32 Å². The van der Waals surface area contributed by atoms with E-state index in [0.717, 1.165) is 11.3 Å². The van der Waals surface area contributed by atoms with Crippen LogP contribution in [0.4, 0.5) is 0 Å². The molecule has 0 N–H and O–H groups in total. The highest BCUT2D eigenvalue weighted by Crippen LogP contribution is 2.60. The minimum absolute atomic E-state index is 0.0696. The first-order valence-electron chi connectivity index (χ1n) is 13.0. The first kappa shape index (κ1) is 26.4. The third kappa shape index (κ3) is 3.49. The van der Waals surface area contributed by atoms with Gasteiger partial charge in [0, 0.05) is 23.7 Å². The van der Waals surface area contributed by atoms with Gasteiger partial charge in [-0.25, -0.2) is 4.89 Å². The molecule has 5 heteroatoms. The van der Waals surface area contributed by atoms with E-state index in [1.165, 1.54) is 22.3 Å². The van der Waals surface area contributed by atoms with Crippen LogP contribution in [0.3, 0.4) is 0 Å². The van der Waals surface area contributed by atoms with E-state index < -0.39 is 19.7 Å². The Kier molecular flexibility index (Phi) is 6.16. The Morgan fingerprint density at radius 1 is 0.886 bits per heavy atom. The second-order valence-electron chi connectivity index (χ2n) is 13.0. The lowest BCUT2D eigenvalue weighted by Crippen LogP contribution is -2.70. The minimum atomic E-state index is -2.13. The Labute approximate surface area is 213 Å². The molecule has 192 valence electrons. The molecule has 4 nitrogen and oxygen atoms in total. The van der Waals surface area contributed by atoms with Crippen molar-refractivity contribution in [1.29, 1.82) is 0 Å². The minimum Gasteiger partial charge on any atom is -0.543 e. The van der Waals surface area contributed by atoms with Gasteiger partial charge in [0.05, 0.1) is 0 Å². The van der Waals surface area contributed by atoms with Gasteiger partial charge in [-0.2, -0.15) is 4.89 Å². The second-order valence-corrected chi connectivity index (χ2v) is 17.7. The van der Waals surface area contributed by atoms with Crippen LogP contribution >= 0.6 is 0 Å². The number of hydrogen-bond acceptors (Lipinski definition) is 4. The van der Waals surface area contributed by atoms with Crippen LogP contribution in [-0.4, -0.2) is 21.0 Å². The van der Waals surface area contributed by atoms with Gasteiger partial charge >= 0.3 is 0 Å². The van der Waals surface area contributed by atoms with Crippen LogP contribution in [0.2, 0.25) is 18.1 Å². The Bertz CT molecular complexity index is 1110. The van der Waals surface area contributed by atoms with Gasteiger partial charge in [0.15, 0.2) is 5.60 Å². The lowest BCUT2D eigenvalue weighted by molar-refractivity contribution is -0.634. The molecule has 35 heavy (non-hydrogen) atoms. The summed E-state index contributed by atoms with van der Waals surface area (Å²) in [5, 5.41) is 0.0696. The zero-order valence-corrected chi connectivity index (χ0v) is 24.8. The predicted octanol–water partition coefficient (Wildman–Crippen LogP) is 8.19. The van der Waals surface area contributed by atoms with E-state index in [1.54, 1.807) is 7.11 Å². The zero-order valence-electron chi connectivity index (χ0n) is 23.8. The van der Waals surface area contributed by atoms with Crippen LogP contribution in [-0.2, 0) is 25.7 Å². The van der Waals surface area contributed by atoms with E-state index in [2.05, 4.69) is 112 Å². The third-order valence-corrected chi connectivity index (χ3v) is 13.3. The van der Waals surface area contributed by atoms with Crippen molar-refractivity contribution < 1.29 is 18.9 Å². The van der Waals surface area contributed by atoms with Crippen LogP contribution in [0, 0.1) is 11.8 Å². The van der Waals surface area contributed by atoms with E-state index in [-0.39, 0.29) is 22.3 Å². The molecule has 2 aromatic carbocycles. The quantitative estimate of drug-likeness (QED) is 0.298. The number of fused-ring (bicyclic) bond motifs is 3. The number of methoxy groups -OCH3 is 1. The van der Waals surface area contributed by atoms with Gasteiger partial charge in [-0.1, -0.05) is 86.6 Å². The molecule has 0 spiro atoms. The summed E-state index contributed by atoms with van der Waals surface area (Å²) in [6.07, 6.45) is 0. The molecule has 0 amide bonds. The van der Waals surface area contributed by atoms with Crippen LogP contribution in [0.5, 0.6) is 5.75 Å². The van der Waals surface area contributed by atoms with Crippen molar-refractivity contribution in [1.82, 2.24) is 0 Å². The monoisotopic (exact) mass is 496 g/mol. The molecule has 2 aromatic rings. The lowest BCUT2D eigenvalue weighted by Gasteiger charge is -2.59. The molecule has 0 aromatic heterocycles. The van der Waals surface area contributed by atoms with Crippen LogP contribution in [0.15, 0.2) is 36.4 Å². The fourth-order valence-electron chi connectivity index (χ4n) is 5.99. The molecule has 1 heterocycles. The fraction of sp³-hybridized carbons (Fsp3) is 0.600. The maximum absolute atomic E-state index is 7.10. The van der Waals surface area contributed by atoms with Gasteiger partial charge < -0.3 is 9.16 Å². The van der Waals surface area contributed by atoms with Crippen LogP contribution in [0.1, 0.15) is 79.0 Å². The normalized spacial score (nSPS) is 22.7. The largest absolute Gasteiger partial charge is 0.543 e. The molecule has 1 fully saturated rings. The summed E-state index contributed by atoms with van der Waals surface area (Å²) in [4.78, 5) is 11.9. The van der Waals surface area contributed by atoms with Crippen molar-refractivity contribution >= 4 is 8.32 Å². The smallest absolute Gasteiger partial charge is 0.260 e. The maximum Gasteiger partial charge on any atom is 0.260 e. The molecule has 2 aliphatic rings. The van der Waals surface area contributed by atoms with Crippen LogP contribution < -0.4 is 4.43 Å². The summed E-state index contributed by atoms with van der Waals surface area (Å²) in [5.41, 5.74) is 5.19. The second kappa shape index (κ2) is 8.17.